The molecule has 1 amide bonds. The summed E-state index contributed by atoms with van der Waals surface area (Å²) in [5, 5.41) is 0.904. The topological polar surface area (TPSA) is 92.7 Å². The average molecular weight is 445 g/mol. The maximum Gasteiger partial charge on any atom is 0.278 e. The van der Waals surface area contributed by atoms with E-state index in [9.17, 15) is 9.59 Å². The summed E-state index contributed by atoms with van der Waals surface area (Å²) in [6, 6.07) is 13.7. The molecule has 33 heavy (non-hydrogen) atoms. The van der Waals surface area contributed by atoms with Crippen LogP contribution in [0, 0.1) is 0 Å². The van der Waals surface area contributed by atoms with Gasteiger partial charge in [-0.25, -0.2) is 4.98 Å². The highest BCUT2D eigenvalue weighted by atomic mass is 16.7. The summed E-state index contributed by atoms with van der Waals surface area (Å²) < 4.78 is 12.2. The lowest BCUT2D eigenvalue weighted by Gasteiger charge is -2.34. The zero-order chi connectivity index (χ0) is 22.4. The first-order valence-corrected chi connectivity index (χ1v) is 11.0. The predicted octanol–water partition coefficient (Wildman–Crippen LogP) is 1.95. The first kappa shape index (κ1) is 19.8. The molecule has 6 rings (SSSR count). The number of hydrogen-bond acceptors (Lipinski definition) is 6. The zero-order valence-electron chi connectivity index (χ0n) is 18.0. The summed E-state index contributed by atoms with van der Waals surface area (Å²) in [5.74, 6) is 1.49. The minimum Gasteiger partial charge on any atom is -0.454 e. The van der Waals surface area contributed by atoms with Gasteiger partial charge in [0.2, 0.25) is 12.7 Å². The Balaban J connectivity index is 1.11. The number of nitrogens with one attached hydrogen (secondary N) is 1. The molecule has 1 saturated heterocycles. The van der Waals surface area contributed by atoms with Gasteiger partial charge in [0.25, 0.3) is 5.56 Å². The van der Waals surface area contributed by atoms with E-state index < -0.39 is 0 Å². The molecule has 9 heteroatoms. The highest BCUT2D eigenvalue weighted by Gasteiger charge is 2.23. The SMILES string of the molecule is O=C(Cn1cnc2c([nH]c3ccccc32)c1=O)N1CCN(Cc2ccc3c(c2)OCO3)CC1. The van der Waals surface area contributed by atoms with Gasteiger partial charge in [-0.3, -0.25) is 19.1 Å². The van der Waals surface area contributed by atoms with E-state index in [0.29, 0.717) is 24.1 Å². The third-order valence-electron chi connectivity index (χ3n) is 6.35. The minimum absolute atomic E-state index is 0.0146. The van der Waals surface area contributed by atoms with Crippen LogP contribution in [0.3, 0.4) is 0 Å². The number of piperazine rings is 1. The van der Waals surface area contributed by atoms with Crippen LogP contribution in [0.15, 0.2) is 53.6 Å². The van der Waals surface area contributed by atoms with Crippen LogP contribution in [0.4, 0.5) is 0 Å². The Hall–Kier alpha value is -3.85. The van der Waals surface area contributed by atoms with E-state index in [4.69, 9.17) is 9.47 Å². The molecule has 0 bridgehead atoms. The molecule has 4 aromatic rings. The maximum atomic E-state index is 12.9. The molecule has 0 atom stereocenters. The number of H-pyrrole nitrogens is 1. The Kier molecular flexibility index (Phi) is 4.76. The largest absolute Gasteiger partial charge is 0.454 e. The first-order valence-electron chi connectivity index (χ1n) is 11.0. The molecule has 2 aromatic carbocycles. The van der Waals surface area contributed by atoms with Crippen LogP contribution in [0.1, 0.15) is 5.56 Å². The van der Waals surface area contributed by atoms with Crippen molar-refractivity contribution in [2.75, 3.05) is 33.0 Å². The van der Waals surface area contributed by atoms with Crippen LogP contribution in [0.2, 0.25) is 0 Å². The van der Waals surface area contributed by atoms with E-state index in [1.807, 2.05) is 47.4 Å². The quantitative estimate of drug-likeness (QED) is 0.516. The number of rotatable bonds is 4. The van der Waals surface area contributed by atoms with Gasteiger partial charge in [0.1, 0.15) is 17.6 Å². The van der Waals surface area contributed by atoms with Crippen molar-refractivity contribution in [3.05, 3.63) is 64.7 Å². The fourth-order valence-electron chi connectivity index (χ4n) is 4.55. The van der Waals surface area contributed by atoms with Gasteiger partial charge in [0, 0.05) is 43.6 Å². The second-order valence-electron chi connectivity index (χ2n) is 8.42. The maximum absolute atomic E-state index is 12.9. The third-order valence-corrected chi connectivity index (χ3v) is 6.35. The summed E-state index contributed by atoms with van der Waals surface area (Å²) in [5.41, 5.74) is 2.85. The van der Waals surface area contributed by atoms with Gasteiger partial charge in [-0.15, -0.1) is 0 Å². The fraction of sp³-hybridized carbons (Fsp3) is 0.292. The van der Waals surface area contributed by atoms with Crippen LogP contribution >= 0.6 is 0 Å². The Labute approximate surface area is 189 Å². The van der Waals surface area contributed by atoms with Crippen LogP contribution in [0.25, 0.3) is 21.9 Å². The number of ether oxygens (including phenoxy) is 2. The number of aromatic nitrogens is 3. The molecule has 2 aromatic heterocycles. The molecule has 2 aliphatic heterocycles. The Morgan fingerprint density at radius 1 is 1.03 bits per heavy atom. The van der Waals surface area contributed by atoms with E-state index in [-0.39, 0.29) is 24.8 Å². The van der Waals surface area contributed by atoms with Gasteiger partial charge in [-0.05, 0) is 23.8 Å². The standard InChI is InChI=1S/C24H23N5O4/c30-21(13-29-14-25-22-17-3-1-2-4-18(17)26-23(22)24(29)31)28-9-7-27(8-10-28)12-16-5-6-19-20(11-16)33-15-32-19/h1-6,11,14,26H,7-10,12-13,15H2. The summed E-state index contributed by atoms with van der Waals surface area (Å²) in [6.07, 6.45) is 1.47. The summed E-state index contributed by atoms with van der Waals surface area (Å²) in [6.45, 7) is 3.84. The molecule has 0 aliphatic carbocycles. The molecule has 0 saturated carbocycles. The summed E-state index contributed by atoms with van der Waals surface area (Å²) >= 11 is 0. The number of amides is 1. The lowest BCUT2D eigenvalue weighted by molar-refractivity contribution is -0.133. The van der Waals surface area contributed by atoms with Crippen LogP contribution < -0.4 is 15.0 Å². The van der Waals surface area contributed by atoms with Crippen molar-refractivity contribution in [3.8, 4) is 11.5 Å². The molecule has 1 fully saturated rings. The highest BCUT2D eigenvalue weighted by molar-refractivity contribution is 6.04. The van der Waals surface area contributed by atoms with Gasteiger partial charge >= 0.3 is 0 Å². The van der Waals surface area contributed by atoms with Crippen molar-refractivity contribution in [2.45, 2.75) is 13.1 Å². The lowest BCUT2D eigenvalue weighted by Crippen LogP contribution is -2.49. The van der Waals surface area contributed by atoms with Gasteiger partial charge in [-0.2, -0.15) is 0 Å². The molecule has 2 aliphatic rings. The highest BCUT2D eigenvalue weighted by Crippen LogP contribution is 2.32. The van der Waals surface area contributed by atoms with Gasteiger partial charge < -0.3 is 19.4 Å². The van der Waals surface area contributed by atoms with Crippen LogP contribution in [0.5, 0.6) is 11.5 Å². The van der Waals surface area contributed by atoms with E-state index in [0.717, 1.165) is 47.6 Å². The summed E-state index contributed by atoms with van der Waals surface area (Å²) in [7, 11) is 0. The first-order chi connectivity index (χ1) is 16.2. The number of hydrogen-bond donors (Lipinski definition) is 1. The average Bonchev–Trinajstić information content (AvgIpc) is 3.46. The smallest absolute Gasteiger partial charge is 0.278 e. The molecule has 9 nitrogen and oxygen atoms in total. The Morgan fingerprint density at radius 3 is 2.73 bits per heavy atom. The monoisotopic (exact) mass is 445 g/mol. The summed E-state index contributed by atoms with van der Waals surface area (Å²) in [4.78, 5) is 37.6. The van der Waals surface area contributed by atoms with Crippen molar-refractivity contribution in [3.63, 3.8) is 0 Å². The molecular formula is C24H23N5O4. The van der Waals surface area contributed by atoms with Gasteiger partial charge in [0.05, 0.1) is 6.33 Å². The van der Waals surface area contributed by atoms with Crippen molar-refractivity contribution >= 4 is 27.8 Å². The predicted molar refractivity (Wildman–Crippen MR) is 122 cm³/mol. The van der Waals surface area contributed by atoms with E-state index in [1.165, 1.54) is 10.9 Å². The molecule has 1 N–H and O–H groups in total. The third kappa shape index (κ3) is 3.60. The van der Waals surface area contributed by atoms with Crippen molar-refractivity contribution in [1.29, 1.82) is 0 Å². The van der Waals surface area contributed by atoms with Crippen molar-refractivity contribution < 1.29 is 14.3 Å². The van der Waals surface area contributed by atoms with Crippen LogP contribution in [-0.4, -0.2) is 63.2 Å². The Bertz CT molecular complexity index is 1420. The van der Waals surface area contributed by atoms with Crippen molar-refractivity contribution in [2.24, 2.45) is 0 Å². The van der Waals surface area contributed by atoms with E-state index >= 15 is 0 Å². The normalized spacial score (nSPS) is 16.1. The van der Waals surface area contributed by atoms with E-state index in [2.05, 4.69) is 14.9 Å². The number of fused-ring (bicyclic) bond motifs is 4. The van der Waals surface area contributed by atoms with Crippen LogP contribution in [-0.2, 0) is 17.9 Å². The molecule has 4 heterocycles. The number of aromatic amines is 1. The Morgan fingerprint density at radius 2 is 1.85 bits per heavy atom. The second kappa shape index (κ2) is 7.93. The lowest BCUT2D eigenvalue weighted by atomic mass is 10.1. The number of carbonyl (C=O) groups is 1. The van der Waals surface area contributed by atoms with E-state index in [1.54, 1.807) is 0 Å². The molecule has 168 valence electrons. The molecule has 0 unspecified atom stereocenters. The fourth-order valence-corrected chi connectivity index (χ4v) is 4.55. The van der Waals surface area contributed by atoms with Crippen molar-refractivity contribution in [1.82, 2.24) is 24.3 Å². The van der Waals surface area contributed by atoms with Gasteiger partial charge in [-0.1, -0.05) is 24.3 Å². The second-order valence-corrected chi connectivity index (χ2v) is 8.42. The van der Waals surface area contributed by atoms with Gasteiger partial charge in [0.15, 0.2) is 11.5 Å². The number of nitrogens with zero attached hydrogens (tertiary/aromatic N) is 4. The number of benzene rings is 2. The molecule has 0 radical (unpaired) electrons. The zero-order valence-corrected chi connectivity index (χ0v) is 18.0. The molecular weight excluding hydrogens is 422 g/mol. The molecule has 0 spiro atoms. The number of para-hydroxylation sites is 1. The minimum atomic E-state index is -0.231. The number of carbonyl (C=O) groups excluding carboxylic acids is 1.